The molecule has 0 fully saturated rings. The maximum absolute atomic E-state index is 11.6. The maximum atomic E-state index is 11.6. The van der Waals surface area contributed by atoms with E-state index in [2.05, 4.69) is 31.9 Å². The van der Waals surface area contributed by atoms with Gasteiger partial charge in [-0.15, -0.1) is 23.2 Å². The lowest BCUT2D eigenvalue weighted by Gasteiger charge is -2.10. The summed E-state index contributed by atoms with van der Waals surface area (Å²) in [6, 6.07) is 0. The number of halogens is 5. The van der Waals surface area contributed by atoms with E-state index in [4.69, 9.17) is 34.4 Å². The van der Waals surface area contributed by atoms with E-state index in [0.29, 0.717) is 25.2 Å². The summed E-state index contributed by atoms with van der Waals surface area (Å²) in [7, 11) is 0. The Morgan fingerprint density at radius 2 is 1.38 bits per heavy atom. The molecule has 2 atom stereocenters. The molecule has 80 valence electrons. The van der Waals surface area contributed by atoms with E-state index in [9.17, 15) is 4.57 Å². The molecule has 0 aromatic heterocycles. The predicted molar refractivity (Wildman–Crippen MR) is 69.6 cm³/mol. The molecule has 0 saturated heterocycles. The molecule has 0 amide bonds. The molecule has 0 heterocycles. The Bertz CT molecular complexity index is 173. The van der Waals surface area contributed by atoms with E-state index in [1.54, 1.807) is 0 Å². The van der Waals surface area contributed by atoms with Gasteiger partial charge in [-0.1, -0.05) is 43.1 Å². The number of rotatable bonds is 6. The van der Waals surface area contributed by atoms with Gasteiger partial charge < -0.3 is 4.57 Å². The average molecular weight is 395 g/mol. The van der Waals surface area contributed by atoms with Gasteiger partial charge in [-0.3, -0.25) is 0 Å². The van der Waals surface area contributed by atoms with Gasteiger partial charge in [0.25, 0.3) is 0 Å². The highest BCUT2D eigenvalue weighted by Gasteiger charge is 2.20. The minimum Gasteiger partial charge on any atom is -0.307 e. The molecule has 0 aromatic rings. The van der Waals surface area contributed by atoms with Gasteiger partial charge in [0.1, 0.15) is 0 Å². The largest absolute Gasteiger partial charge is 0.307 e. The first-order valence-electron chi connectivity index (χ1n) is 3.67. The molecular formula is C6H10Br2Cl3OP. The zero-order valence-corrected chi connectivity index (χ0v) is 13.1. The molecule has 0 aromatic carbocycles. The molecule has 0 aliphatic heterocycles. The Morgan fingerprint density at radius 3 is 1.62 bits per heavy atom. The topological polar surface area (TPSA) is 17.1 Å². The molecule has 0 aliphatic rings. The van der Waals surface area contributed by atoms with Crippen LogP contribution >= 0.6 is 72.8 Å². The molecule has 0 saturated carbocycles. The van der Waals surface area contributed by atoms with Crippen molar-refractivity contribution >= 4 is 72.8 Å². The third-order valence-corrected chi connectivity index (χ3v) is 5.58. The molecular weight excluding hydrogens is 385 g/mol. The second-order valence-electron chi connectivity index (χ2n) is 2.60. The van der Waals surface area contributed by atoms with Crippen molar-refractivity contribution in [3.63, 3.8) is 0 Å². The van der Waals surface area contributed by atoms with Gasteiger partial charge in [-0.25, -0.2) is 0 Å². The van der Waals surface area contributed by atoms with Gasteiger partial charge >= 0.3 is 0 Å². The molecule has 0 rings (SSSR count). The predicted octanol–water partition coefficient (Wildman–Crippen LogP) is 5.20. The summed E-state index contributed by atoms with van der Waals surface area (Å²) in [6.45, 7) is -2.56. The smallest absolute Gasteiger partial charge is 0.169 e. The standard InChI is InChI=1S/C6H10Br2Cl3OP/c7-5(9)1-3-13(11,12)4-2-6(8)10/h5-6H,1-4H2. The Labute approximate surface area is 110 Å². The second kappa shape index (κ2) is 7.35. The first-order valence-corrected chi connectivity index (χ1v) is 9.36. The van der Waals surface area contributed by atoms with Crippen LogP contribution in [0.25, 0.3) is 0 Å². The maximum Gasteiger partial charge on any atom is 0.169 e. The highest BCUT2D eigenvalue weighted by atomic mass is 79.9. The minimum atomic E-state index is -2.56. The first kappa shape index (κ1) is 15.1. The van der Waals surface area contributed by atoms with Crippen molar-refractivity contribution < 1.29 is 4.57 Å². The van der Waals surface area contributed by atoms with E-state index in [1.165, 1.54) is 0 Å². The third-order valence-electron chi connectivity index (χ3n) is 1.36. The molecule has 2 unspecified atom stereocenters. The van der Waals surface area contributed by atoms with Crippen LogP contribution in [0.1, 0.15) is 12.8 Å². The van der Waals surface area contributed by atoms with Crippen LogP contribution in [0.4, 0.5) is 0 Å². The second-order valence-corrected chi connectivity index (χ2v) is 11.2. The van der Waals surface area contributed by atoms with Crippen molar-refractivity contribution in [3.05, 3.63) is 0 Å². The van der Waals surface area contributed by atoms with Gasteiger partial charge in [-0.05, 0) is 12.8 Å². The van der Waals surface area contributed by atoms with Crippen LogP contribution in [-0.2, 0) is 4.57 Å². The molecule has 7 heteroatoms. The summed E-state index contributed by atoms with van der Waals surface area (Å²) in [4.78, 5) is 0. The van der Waals surface area contributed by atoms with Crippen molar-refractivity contribution in [3.8, 4) is 0 Å². The fourth-order valence-electron chi connectivity index (χ4n) is 0.693. The van der Waals surface area contributed by atoms with E-state index in [0.717, 1.165) is 0 Å². The lowest BCUT2D eigenvalue weighted by Crippen LogP contribution is -1.98. The fourth-order valence-corrected chi connectivity index (χ4v) is 4.48. The fraction of sp³-hybridized carbons (Fsp3) is 1.00. The molecule has 0 radical (unpaired) electrons. The normalized spacial score (nSPS) is 20.7. The van der Waals surface area contributed by atoms with Gasteiger partial charge in [0.15, 0.2) is 6.49 Å². The van der Waals surface area contributed by atoms with Crippen molar-refractivity contribution in [1.82, 2.24) is 0 Å². The molecule has 1 nitrogen and oxygen atoms in total. The number of hydrogen-bond donors (Lipinski definition) is 0. The van der Waals surface area contributed by atoms with Gasteiger partial charge in [0.2, 0.25) is 0 Å². The third kappa shape index (κ3) is 10.3. The Balaban J connectivity index is 3.74. The molecule has 0 spiro atoms. The van der Waals surface area contributed by atoms with Crippen LogP contribution in [0, 0.1) is 0 Å². The number of alkyl halides is 4. The molecule has 13 heavy (non-hydrogen) atoms. The van der Waals surface area contributed by atoms with Crippen LogP contribution in [0.5, 0.6) is 0 Å². The highest BCUT2D eigenvalue weighted by molar-refractivity contribution is 9.10. The molecule has 0 aliphatic carbocycles. The molecule has 0 N–H and O–H groups in total. The number of hydrogen-bond acceptors (Lipinski definition) is 1. The van der Waals surface area contributed by atoms with Crippen molar-refractivity contribution in [1.29, 1.82) is 0 Å². The molecule has 0 bridgehead atoms. The Morgan fingerprint density at radius 1 is 1.08 bits per heavy atom. The monoisotopic (exact) mass is 392 g/mol. The zero-order valence-electron chi connectivity index (χ0n) is 6.73. The summed E-state index contributed by atoms with van der Waals surface area (Å²) < 4.78 is 11.3. The van der Waals surface area contributed by atoms with Gasteiger partial charge in [-0.2, -0.15) is 0 Å². The summed E-state index contributed by atoms with van der Waals surface area (Å²) in [5.41, 5.74) is 0. The van der Waals surface area contributed by atoms with E-state index < -0.39 is 6.49 Å². The lowest BCUT2D eigenvalue weighted by atomic mass is 10.6. The summed E-state index contributed by atoms with van der Waals surface area (Å²) in [6.07, 6.45) is 2.12. The van der Waals surface area contributed by atoms with E-state index >= 15 is 0 Å². The van der Waals surface area contributed by atoms with Crippen LogP contribution in [0.3, 0.4) is 0 Å². The lowest BCUT2D eigenvalue weighted by molar-refractivity contribution is 0.582. The van der Waals surface area contributed by atoms with Crippen molar-refractivity contribution in [2.24, 2.45) is 0 Å². The first-order chi connectivity index (χ1) is 5.83. The van der Waals surface area contributed by atoms with Crippen LogP contribution in [-0.4, -0.2) is 20.9 Å². The summed E-state index contributed by atoms with van der Waals surface area (Å²) in [5, 5.41) is 0. The van der Waals surface area contributed by atoms with Crippen molar-refractivity contribution in [2.75, 3.05) is 12.3 Å². The van der Waals surface area contributed by atoms with Crippen LogP contribution < -0.4 is 0 Å². The SMILES string of the molecule is O=P(Cl)(CCC(Cl)Br)CCC(Cl)Br. The highest BCUT2D eigenvalue weighted by Crippen LogP contribution is 2.53. The van der Waals surface area contributed by atoms with E-state index in [1.807, 2.05) is 0 Å². The summed E-state index contributed by atoms with van der Waals surface area (Å²) in [5.74, 6) is 0. The minimum absolute atomic E-state index is 0.157. The summed E-state index contributed by atoms with van der Waals surface area (Å²) >= 11 is 23.4. The Hall–Kier alpha value is 2.06. The Kier molecular flexibility index (Phi) is 8.52. The zero-order chi connectivity index (χ0) is 10.5. The van der Waals surface area contributed by atoms with Crippen molar-refractivity contribution in [2.45, 2.75) is 21.4 Å². The van der Waals surface area contributed by atoms with E-state index in [-0.39, 0.29) is 8.57 Å². The van der Waals surface area contributed by atoms with Gasteiger partial charge in [0.05, 0.1) is 8.57 Å². The van der Waals surface area contributed by atoms with Crippen LogP contribution in [0.15, 0.2) is 0 Å². The average Bonchev–Trinajstić information content (AvgIpc) is 1.98. The van der Waals surface area contributed by atoms with Gasteiger partial charge in [0, 0.05) is 12.3 Å². The van der Waals surface area contributed by atoms with Crippen LogP contribution in [0.2, 0.25) is 0 Å². The quantitative estimate of drug-likeness (QED) is 0.446.